The minimum atomic E-state index is -4.15. The van der Waals surface area contributed by atoms with Crippen molar-refractivity contribution in [2.24, 2.45) is 11.8 Å². The largest absolute Gasteiger partial charge is 0.444 e. The van der Waals surface area contributed by atoms with Gasteiger partial charge in [-0.3, -0.25) is 20.3 Å². The molecule has 5 N–H and O–H groups in total. The molecule has 2 aromatic rings. The minimum Gasteiger partial charge on any atom is -0.444 e. The summed E-state index contributed by atoms with van der Waals surface area (Å²) < 4.78 is 34.0. The van der Waals surface area contributed by atoms with Crippen molar-refractivity contribution in [3.8, 4) is 0 Å². The van der Waals surface area contributed by atoms with Crippen molar-refractivity contribution >= 4 is 44.4 Å². The number of nitrogens with one attached hydrogen (secondary N) is 5. The molecule has 2 amide bonds. The van der Waals surface area contributed by atoms with Crippen LogP contribution in [0.25, 0.3) is 10.8 Å². The summed E-state index contributed by atoms with van der Waals surface area (Å²) in [4.78, 5) is 41.2. The summed E-state index contributed by atoms with van der Waals surface area (Å²) in [5.74, 6) is -4.54. The van der Waals surface area contributed by atoms with Gasteiger partial charge in [0.2, 0.25) is 15.9 Å². The van der Waals surface area contributed by atoms with E-state index in [1.165, 1.54) is 24.0 Å². The number of alkyl carbamates (subject to hydrolysis) is 1. The predicted molar refractivity (Wildman–Crippen MR) is 157 cm³/mol. The summed E-state index contributed by atoms with van der Waals surface area (Å²) in [6.45, 7) is 7.64. The Morgan fingerprint density at radius 1 is 1.12 bits per heavy atom. The van der Waals surface area contributed by atoms with E-state index in [9.17, 15) is 22.8 Å². The number of carbonyl (C=O) groups is 3. The first-order valence-corrected chi connectivity index (χ1v) is 15.4. The van der Waals surface area contributed by atoms with Crippen molar-refractivity contribution in [2.75, 3.05) is 20.1 Å². The Morgan fingerprint density at radius 2 is 1.79 bits per heavy atom. The molecule has 13 heteroatoms. The molecule has 12 nitrogen and oxygen atoms in total. The minimum absolute atomic E-state index is 0.0368. The highest BCUT2D eigenvalue weighted by atomic mass is 32.2. The average Bonchev–Trinajstić information content (AvgIpc) is 3.57. The molecule has 1 saturated heterocycles. The van der Waals surface area contributed by atoms with Crippen LogP contribution < -0.4 is 21.1 Å². The molecule has 4 rings (SSSR count). The van der Waals surface area contributed by atoms with Crippen molar-refractivity contribution in [1.82, 2.24) is 26.0 Å². The van der Waals surface area contributed by atoms with Crippen molar-refractivity contribution in [3.63, 3.8) is 0 Å². The molecule has 0 spiro atoms. The van der Waals surface area contributed by atoms with Gasteiger partial charge in [-0.1, -0.05) is 30.3 Å². The van der Waals surface area contributed by atoms with Crippen LogP contribution >= 0.6 is 0 Å². The molecular formula is C29H39N6O6S. The molecule has 42 heavy (non-hydrogen) atoms. The first-order chi connectivity index (χ1) is 19.6. The second kappa shape index (κ2) is 11.7. The zero-order valence-electron chi connectivity index (χ0n) is 24.5. The maximum Gasteiger partial charge on any atom is 0.413 e. The zero-order chi connectivity index (χ0) is 31.0. The molecule has 2 aromatic carbocycles. The zero-order valence-corrected chi connectivity index (χ0v) is 25.3. The van der Waals surface area contributed by atoms with Crippen LogP contribution in [-0.4, -0.2) is 80.3 Å². The number of carbonyl (C=O) groups excluding carboxylic acids is 3. The smallest absolute Gasteiger partial charge is 0.413 e. The van der Waals surface area contributed by atoms with Gasteiger partial charge in [0, 0.05) is 19.6 Å². The lowest BCUT2D eigenvalue weighted by Gasteiger charge is -2.32. The van der Waals surface area contributed by atoms with Crippen LogP contribution in [-0.2, 0) is 24.3 Å². The number of piperidine rings is 1. The maximum absolute atomic E-state index is 13.7. The Labute approximate surface area is 246 Å². The quantitative estimate of drug-likeness (QED) is 0.265. The number of Topliss-reactive ketones (excluding diaryl/α,β-unsaturated/α-hetero) is 1. The molecule has 0 aromatic heterocycles. The molecule has 2 fully saturated rings. The van der Waals surface area contributed by atoms with Crippen LogP contribution in [0.3, 0.4) is 0 Å². The summed E-state index contributed by atoms with van der Waals surface area (Å²) in [5, 5.41) is 15.5. The molecule has 5 atom stereocenters. The normalized spacial score (nSPS) is 24.9. The van der Waals surface area contributed by atoms with Gasteiger partial charge in [-0.05, 0) is 70.0 Å². The molecule has 1 saturated carbocycles. The summed E-state index contributed by atoms with van der Waals surface area (Å²) in [6.07, 6.45) is 0.602. The van der Waals surface area contributed by atoms with Gasteiger partial charge in [0.1, 0.15) is 17.0 Å². The fourth-order valence-electron chi connectivity index (χ4n) is 5.46. The molecule has 2 aliphatic rings. The molecule has 0 bridgehead atoms. The Morgan fingerprint density at radius 3 is 2.40 bits per heavy atom. The number of hydrogen-bond acceptors (Lipinski definition) is 8. The van der Waals surface area contributed by atoms with Gasteiger partial charge in [0.15, 0.2) is 5.78 Å². The van der Waals surface area contributed by atoms with E-state index in [-0.39, 0.29) is 10.9 Å². The molecule has 3 unspecified atom stereocenters. The number of ketones is 1. The average molecular weight is 600 g/mol. The first-order valence-electron chi connectivity index (χ1n) is 13.9. The summed E-state index contributed by atoms with van der Waals surface area (Å²) in [5.41, 5.74) is 6.09. The van der Waals surface area contributed by atoms with Crippen molar-refractivity contribution in [3.05, 3.63) is 42.5 Å². The van der Waals surface area contributed by atoms with Gasteiger partial charge < -0.3 is 15.0 Å². The van der Waals surface area contributed by atoms with Crippen LogP contribution in [0, 0.1) is 17.2 Å². The number of fused-ring (bicyclic) bond motifs is 1. The number of amides is 2. The third-order valence-corrected chi connectivity index (χ3v) is 9.31. The van der Waals surface area contributed by atoms with E-state index in [2.05, 4.69) is 15.4 Å². The highest BCUT2D eigenvalue weighted by molar-refractivity contribution is 7.89. The van der Waals surface area contributed by atoms with E-state index in [1.54, 1.807) is 46.0 Å². The van der Waals surface area contributed by atoms with Crippen LogP contribution in [0.15, 0.2) is 47.4 Å². The number of hydrogen-bond donors (Lipinski definition) is 4. The van der Waals surface area contributed by atoms with Crippen molar-refractivity contribution < 1.29 is 27.5 Å². The standard InChI is InChI=1S/C29H39N6O6S/c1-17(34-42(39,40)21-13-12-18-9-6-7-10-19(18)15-21)24(36)22-23(25(37)35(5)20-11-8-14-32-16-20)29(22,31)26(30)33-27(38)41-28(2,3)4/h6-7,9-10,12-13,15,17,20,22-23,31-32,34H,8,11,14,16H2,1-5H3,(H2,30,33,38)/t17-,20?,22?,23+,29?/m0/s1. The van der Waals surface area contributed by atoms with E-state index in [0.717, 1.165) is 24.8 Å². The molecule has 1 heterocycles. The molecule has 1 aliphatic carbocycles. The highest BCUT2D eigenvalue weighted by Gasteiger charge is 2.74. The van der Waals surface area contributed by atoms with Crippen LogP contribution in [0.2, 0.25) is 0 Å². The van der Waals surface area contributed by atoms with Gasteiger partial charge in [-0.25, -0.2) is 23.7 Å². The third kappa shape index (κ3) is 6.48. The SMILES string of the molecule is C[C@H](NS(=O)(=O)c1ccc2ccccc2c1)C(=O)C1[C@H](C(=O)N(C)C2CCCNC2)C1([NH])C(=N)NC(=O)OC(C)(C)C. The Kier molecular flexibility index (Phi) is 8.79. The Bertz CT molecular complexity index is 1500. The van der Waals surface area contributed by atoms with E-state index in [0.29, 0.717) is 11.9 Å². The van der Waals surface area contributed by atoms with Crippen molar-refractivity contribution in [1.29, 1.82) is 5.41 Å². The van der Waals surface area contributed by atoms with E-state index >= 15 is 0 Å². The van der Waals surface area contributed by atoms with Gasteiger partial charge >= 0.3 is 6.09 Å². The lowest BCUT2D eigenvalue weighted by Crippen LogP contribution is -2.50. The molecular weight excluding hydrogens is 560 g/mol. The molecule has 1 aliphatic heterocycles. The first kappa shape index (κ1) is 31.5. The topological polar surface area (TPSA) is 182 Å². The predicted octanol–water partition coefficient (Wildman–Crippen LogP) is 2.06. The number of likely N-dealkylation sites (N-methyl/N-ethyl adjacent to an activating group) is 1. The second-order valence-electron chi connectivity index (χ2n) is 12.0. The number of rotatable bonds is 8. The van der Waals surface area contributed by atoms with Crippen molar-refractivity contribution in [2.45, 2.75) is 68.7 Å². The number of ether oxygens (including phenoxy) is 1. The summed E-state index contributed by atoms with van der Waals surface area (Å²) in [6, 6.07) is 10.4. The third-order valence-electron chi connectivity index (χ3n) is 7.77. The van der Waals surface area contributed by atoms with Gasteiger partial charge in [-0.15, -0.1) is 0 Å². The van der Waals surface area contributed by atoms with E-state index in [4.69, 9.17) is 15.9 Å². The maximum atomic E-state index is 13.7. The van der Waals surface area contributed by atoms with Crippen LogP contribution in [0.5, 0.6) is 0 Å². The number of amidine groups is 1. The lowest BCUT2D eigenvalue weighted by atomic mass is 10.0. The van der Waals surface area contributed by atoms with E-state index < -0.39 is 62.7 Å². The Balaban J connectivity index is 1.57. The number of sulfonamides is 1. The molecule has 227 valence electrons. The summed E-state index contributed by atoms with van der Waals surface area (Å²) in [7, 11) is -2.55. The fraction of sp³-hybridized carbons (Fsp3) is 0.517. The lowest BCUT2D eigenvalue weighted by molar-refractivity contribution is -0.135. The van der Waals surface area contributed by atoms with Gasteiger partial charge in [0.25, 0.3) is 0 Å². The van der Waals surface area contributed by atoms with Crippen LogP contribution in [0.4, 0.5) is 4.79 Å². The van der Waals surface area contributed by atoms with E-state index in [1.807, 2.05) is 12.1 Å². The highest BCUT2D eigenvalue weighted by Crippen LogP contribution is 2.52. The van der Waals surface area contributed by atoms with Gasteiger partial charge in [0.05, 0.1) is 22.8 Å². The van der Waals surface area contributed by atoms with Gasteiger partial charge in [-0.2, -0.15) is 0 Å². The molecule has 1 radical (unpaired) electrons. The summed E-state index contributed by atoms with van der Waals surface area (Å²) >= 11 is 0. The second-order valence-corrected chi connectivity index (χ2v) is 13.7. The fourth-order valence-corrected chi connectivity index (χ4v) is 6.71. The van der Waals surface area contributed by atoms with Crippen LogP contribution in [0.1, 0.15) is 40.5 Å². The Hall–Kier alpha value is -3.39. The monoisotopic (exact) mass is 599 g/mol. The number of benzene rings is 2. The number of nitrogens with zero attached hydrogens (tertiary/aromatic N) is 1.